The number of aliphatic hydroxyl groups is 1. The lowest BCUT2D eigenvalue weighted by molar-refractivity contribution is 0.0587. The average molecular weight is 222 g/mol. The van der Waals surface area contributed by atoms with Crippen LogP contribution in [0, 0.1) is 5.41 Å². The Kier molecular flexibility index (Phi) is 4.01. The van der Waals surface area contributed by atoms with E-state index in [-0.39, 0.29) is 17.9 Å². The molecular formula is C12H18N2O2. The Labute approximate surface area is 95.7 Å². The van der Waals surface area contributed by atoms with E-state index in [1.54, 1.807) is 18.3 Å². The summed E-state index contributed by atoms with van der Waals surface area (Å²) < 4.78 is 0. The van der Waals surface area contributed by atoms with E-state index in [2.05, 4.69) is 10.3 Å². The second-order valence-corrected chi connectivity index (χ2v) is 4.83. The molecule has 0 spiro atoms. The zero-order chi connectivity index (χ0) is 12.2. The largest absolute Gasteiger partial charge is 0.391 e. The van der Waals surface area contributed by atoms with Gasteiger partial charge in [0, 0.05) is 18.9 Å². The maximum atomic E-state index is 11.6. The third kappa shape index (κ3) is 3.62. The molecule has 0 bridgehead atoms. The lowest BCUT2D eigenvalue weighted by atomic mass is 9.89. The zero-order valence-electron chi connectivity index (χ0n) is 9.90. The molecule has 1 amide bonds. The Morgan fingerprint density at radius 3 is 2.75 bits per heavy atom. The van der Waals surface area contributed by atoms with Crippen LogP contribution in [0.15, 0.2) is 24.5 Å². The summed E-state index contributed by atoms with van der Waals surface area (Å²) in [5.74, 6) is -0.212. The molecule has 2 N–H and O–H groups in total. The molecule has 1 aromatic heterocycles. The van der Waals surface area contributed by atoms with Crippen LogP contribution in [-0.4, -0.2) is 28.6 Å². The molecule has 1 heterocycles. The van der Waals surface area contributed by atoms with E-state index in [4.69, 9.17) is 0 Å². The van der Waals surface area contributed by atoms with E-state index in [9.17, 15) is 9.90 Å². The van der Waals surface area contributed by atoms with Crippen molar-refractivity contribution in [2.45, 2.75) is 26.9 Å². The van der Waals surface area contributed by atoms with Crippen LogP contribution in [0.4, 0.5) is 0 Å². The number of pyridine rings is 1. The number of nitrogens with zero attached hydrogens (tertiary/aromatic N) is 1. The van der Waals surface area contributed by atoms with Gasteiger partial charge in [-0.2, -0.15) is 0 Å². The number of nitrogens with one attached hydrogen (secondary N) is 1. The Balaban J connectivity index is 2.48. The standard InChI is InChI=1S/C12H18N2O2/c1-12(2,3)10(15)8-14-11(16)9-5-4-6-13-7-9/h4-7,10,15H,8H2,1-3H3,(H,14,16). The monoisotopic (exact) mass is 222 g/mol. The lowest BCUT2D eigenvalue weighted by Gasteiger charge is -2.25. The van der Waals surface area contributed by atoms with Gasteiger partial charge in [0.1, 0.15) is 0 Å². The van der Waals surface area contributed by atoms with Crippen LogP contribution in [0.3, 0.4) is 0 Å². The molecule has 1 atom stereocenters. The third-order valence-corrected chi connectivity index (χ3v) is 2.38. The molecule has 1 unspecified atom stereocenters. The van der Waals surface area contributed by atoms with Crippen LogP contribution in [-0.2, 0) is 0 Å². The molecule has 0 saturated carbocycles. The normalized spacial score (nSPS) is 13.2. The first-order valence-corrected chi connectivity index (χ1v) is 5.27. The van der Waals surface area contributed by atoms with Gasteiger partial charge in [0.2, 0.25) is 0 Å². The summed E-state index contributed by atoms with van der Waals surface area (Å²) in [4.78, 5) is 15.5. The van der Waals surface area contributed by atoms with Gasteiger partial charge in [0.15, 0.2) is 0 Å². The van der Waals surface area contributed by atoms with Crippen molar-refractivity contribution in [3.05, 3.63) is 30.1 Å². The molecule has 4 nitrogen and oxygen atoms in total. The number of carbonyl (C=O) groups is 1. The fraction of sp³-hybridized carbons (Fsp3) is 0.500. The molecular weight excluding hydrogens is 204 g/mol. The van der Waals surface area contributed by atoms with E-state index >= 15 is 0 Å². The topological polar surface area (TPSA) is 62.2 Å². The van der Waals surface area contributed by atoms with E-state index in [1.807, 2.05) is 20.8 Å². The predicted molar refractivity (Wildman–Crippen MR) is 62.0 cm³/mol. The summed E-state index contributed by atoms with van der Waals surface area (Å²) >= 11 is 0. The van der Waals surface area contributed by atoms with Crippen LogP contribution in [0.25, 0.3) is 0 Å². The van der Waals surface area contributed by atoms with Crippen molar-refractivity contribution in [3.8, 4) is 0 Å². The quantitative estimate of drug-likeness (QED) is 0.808. The van der Waals surface area contributed by atoms with Crippen molar-refractivity contribution in [1.29, 1.82) is 0 Å². The fourth-order valence-corrected chi connectivity index (χ4v) is 1.09. The second-order valence-electron chi connectivity index (χ2n) is 4.83. The van der Waals surface area contributed by atoms with Gasteiger partial charge in [-0.05, 0) is 17.5 Å². The Morgan fingerprint density at radius 1 is 1.56 bits per heavy atom. The van der Waals surface area contributed by atoms with Gasteiger partial charge in [0.05, 0.1) is 11.7 Å². The molecule has 0 aliphatic carbocycles. The average Bonchev–Trinajstić information content (AvgIpc) is 2.25. The first-order valence-electron chi connectivity index (χ1n) is 5.27. The number of hydrogen-bond donors (Lipinski definition) is 2. The highest BCUT2D eigenvalue weighted by atomic mass is 16.3. The minimum absolute atomic E-state index is 0.212. The maximum Gasteiger partial charge on any atom is 0.252 e. The molecule has 0 fully saturated rings. The first-order chi connectivity index (χ1) is 7.41. The highest BCUT2D eigenvalue weighted by molar-refractivity contribution is 5.93. The molecule has 0 aromatic carbocycles. The Morgan fingerprint density at radius 2 is 2.25 bits per heavy atom. The van der Waals surface area contributed by atoms with E-state index < -0.39 is 6.10 Å². The zero-order valence-corrected chi connectivity index (χ0v) is 9.90. The summed E-state index contributed by atoms with van der Waals surface area (Å²) in [6, 6.07) is 3.39. The van der Waals surface area contributed by atoms with Crippen LogP contribution in [0.2, 0.25) is 0 Å². The van der Waals surface area contributed by atoms with Gasteiger partial charge in [-0.1, -0.05) is 20.8 Å². The molecule has 0 aliphatic heterocycles. The number of aromatic nitrogens is 1. The minimum atomic E-state index is -0.562. The molecule has 0 radical (unpaired) electrons. The number of carbonyl (C=O) groups excluding carboxylic acids is 1. The fourth-order valence-electron chi connectivity index (χ4n) is 1.09. The van der Waals surface area contributed by atoms with Crippen molar-refractivity contribution >= 4 is 5.91 Å². The van der Waals surface area contributed by atoms with Crippen LogP contribution in [0.5, 0.6) is 0 Å². The lowest BCUT2D eigenvalue weighted by Crippen LogP contribution is -2.39. The van der Waals surface area contributed by atoms with Gasteiger partial charge in [-0.3, -0.25) is 9.78 Å². The SMILES string of the molecule is CC(C)(C)C(O)CNC(=O)c1cccnc1. The van der Waals surface area contributed by atoms with Gasteiger partial charge >= 0.3 is 0 Å². The van der Waals surface area contributed by atoms with Crippen molar-refractivity contribution in [2.75, 3.05) is 6.54 Å². The van der Waals surface area contributed by atoms with Crippen molar-refractivity contribution < 1.29 is 9.90 Å². The molecule has 0 aliphatic rings. The van der Waals surface area contributed by atoms with Crippen LogP contribution in [0.1, 0.15) is 31.1 Å². The van der Waals surface area contributed by atoms with Crippen molar-refractivity contribution in [2.24, 2.45) is 5.41 Å². The van der Waals surface area contributed by atoms with Gasteiger partial charge in [-0.25, -0.2) is 0 Å². The number of hydrogen-bond acceptors (Lipinski definition) is 3. The molecule has 4 heteroatoms. The molecule has 0 saturated heterocycles. The summed E-state index contributed by atoms with van der Waals surface area (Å²) in [6.07, 6.45) is 2.55. The van der Waals surface area contributed by atoms with Crippen molar-refractivity contribution in [1.82, 2.24) is 10.3 Å². The maximum absolute atomic E-state index is 11.6. The van der Waals surface area contributed by atoms with Crippen molar-refractivity contribution in [3.63, 3.8) is 0 Å². The van der Waals surface area contributed by atoms with Gasteiger partial charge in [0.25, 0.3) is 5.91 Å². The first kappa shape index (κ1) is 12.6. The van der Waals surface area contributed by atoms with E-state index in [1.165, 1.54) is 6.20 Å². The minimum Gasteiger partial charge on any atom is -0.391 e. The van der Waals surface area contributed by atoms with Gasteiger partial charge in [-0.15, -0.1) is 0 Å². The summed E-state index contributed by atoms with van der Waals surface area (Å²) in [5.41, 5.74) is 0.269. The third-order valence-electron chi connectivity index (χ3n) is 2.38. The second kappa shape index (κ2) is 5.07. The smallest absolute Gasteiger partial charge is 0.252 e. The highest BCUT2D eigenvalue weighted by Gasteiger charge is 2.22. The number of amides is 1. The van der Waals surface area contributed by atoms with Gasteiger partial charge < -0.3 is 10.4 Å². The molecule has 16 heavy (non-hydrogen) atoms. The number of aliphatic hydroxyl groups excluding tert-OH is 1. The Bertz CT molecular complexity index is 344. The van der Waals surface area contributed by atoms with Crippen LogP contribution >= 0.6 is 0 Å². The summed E-state index contributed by atoms with van der Waals surface area (Å²) in [5, 5.41) is 12.4. The molecule has 88 valence electrons. The van der Waals surface area contributed by atoms with E-state index in [0.717, 1.165) is 0 Å². The predicted octanol–water partition coefficient (Wildman–Crippen LogP) is 1.22. The van der Waals surface area contributed by atoms with Crippen LogP contribution < -0.4 is 5.32 Å². The summed E-state index contributed by atoms with van der Waals surface area (Å²) in [6.45, 7) is 6.02. The Hall–Kier alpha value is -1.42. The molecule has 1 rings (SSSR count). The molecule has 1 aromatic rings. The highest BCUT2D eigenvalue weighted by Crippen LogP contribution is 2.18. The number of rotatable bonds is 3. The van der Waals surface area contributed by atoms with E-state index in [0.29, 0.717) is 5.56 Å². The summed E-state index contributed by atoms with van der Waals surface area (Å²) in [7, 11) is 0.